The molecular formula is C18H20N4O3S2. The smallest absolute Gasteiger partial charge is 0.305 e. The molecule has 2 amide bonds. The third-order valence-corrected chi connectivity index (χ3v) is 5.95. The van der Waals surface area contributed by atoms with E-state index in [2.05, 4.69) is 34.6 Å². The van der Waals surface area contributed by atoms with E-state index in [4.69, 9.17) is 4.42 Å². The predicted octanol–water partition coefficient (Wildman–Crippen LogP) is 3.38. The molecule has 3 aromatic heterocycles. The van der Waals surface area contributed by atoms with E-state index in [1.54, 1.807) is 23.5 Å². The molecule has 9 heteroatoms. The summed E-state index contributed by atoms with van der Waals surface area (Å²) in [6.07, 6.45) is 1.50. The average molecular weight is 405 g/mol. The maximum atomic E-state index is 12.2. The minimum absolute atomic E-state index is 0.154. The first-order chi connectivity index (χ1) is 13.1. The molecule has 0 aliphatic carbocycles. The zero-order chi connectivity index (χ0) is 19.2. The number of hydrogen-bond acceptors (Lipinski definition) is 7. The lowest BCUT2D eigenvalue weighted by atomic mass is 10.4. The number of carbonyl (C=O) groups is 2. The van der Waals surface area contributed by atoms with Crippen LogP contribution in [-0.2, 0) is 6.54 Å². The lowest BCUT2D eigenvalue weighted by Gasteiger charge is -2.15. The van der Waals surface area contributed by atoms with Crippen LogP contribution in [0.4, 0.5) is 0 Å². The van der Waals surface area contributed by atoms with Crippen molar-refractivity contribution in [2.24, 2.45) is 0 Å². The number of nitrogens with one attached hydrogen (secondary N) is 2. The Bertz CT molecular complexity index is 898. The van der Waals surface area contributed by atoms with Crippen LogP contribution in [0.25, 0.3) is 9.88 Å². The summed E-state index contributed by atoms with van der Waals surface area (Å²) in [6, 6.07) is 7.24. The molecule has 0 unspecified atom stereocenters. The second-order valence-corrected chi connectivity index (χ2v) is 7.62. The first-order valence-corrected chi connectivity index (χ1v) is 10.2. The highest BCUT2D eigenvalue weighted by atomic mass is 32.1. The molecule has 0 saturated carbocycles. The number of thiophene rings is 1. The van der Waals surface area contributed by atoms with Gasteiger partial charge in [-0.3, -0.25) is 25.3 Å². The van der Waals surface area contributed by atoms with Crippen LogP contribution in [0, 0.1) is 0 Å². The summed E-state index contributed by atoms with van der Waals surface area (Å²) in [5, 5.41) is 2.72. The Balaban J connectivity index is 1.54. The molecule has 3 rings (SSSR count). The summed E-state index contributed by atoms with van der Waals surface area (Å²) in [7, 11) is 0. The normalized spacial score (nSPS) is 10.9. The van der Waals surface area contributed by atoms with Gasteiger partial charge in [-0.25, -0.2) is 4.98 Å². The highest BCUT2D eigenvalue weighted by molar-refractivity contribution is 7.21. The number of rotatable bonds is 7. The molecule has 142 valence electrons. The standard InChI is InChI=1S/C18H20N4O3S2/c1-3-22(4-2)11-12-7-8-13(25-12)16(23)20-21-17(24)15-10-19-18(27-15)14-6-5-9-26-14/h5-10H,3-4,11H2,1-2H3,(H,20,23)(H,21,24). The Kier molecular flexibility index (Phi) is 6.38. The van der Waals surface area contributed by atoms with Crippen molar-refractivity contribution in [2.75, 3.05) is 13.1 Å². The second-order valence-electron chi connectivity index (χ2n) is 5.64. The van der Waals surface area contributed by atoms with E-state index in [9.17, 15) is 9.59 Å². The molecule has 0 bridgehead atoms. The van der Waals surface area contributed by atoms with Crippen molar-refractivity contribution in [3.63, 3.8) is 0 Å². The predicted molar refractivity (Wildman–Crippen MR) is 106 cm³/mol. The molecule has 27 heavy (non-hydrogen) atoms. The van der Waals surface area contributed by atoms with E-state index in [0.717, 1.165) is 23.0 Å². The lowest BCUT2D eigenvalue weighted by molar-refractivity contribution is 0.0830. The van der Waals surface area contributed by atoms with Crippen LogP contribution in [0.15, 0.2) is 40.3 Å². The van der Waals surface area contributed by atoms with Crippen molar-refractivity contribution in [1.29, 1.82) is 0 Å². The number of nitrogens with zero attached hydrogens (tertiary/aromatic N) is 2. The molecule has 3 aromatic rings. The number of carbonyl (C=O) groups excluding carboxylic acids is 2. The van der Waals surface area contributed by atoms with E-state index in [0.29, 0.717) is 17.2 Å². The SMILES string of the molecule is CCN(CC)Cc1ccc(C(=O)NNC(=O)c2cnc(-c3cccs3)s2)o1. The number of hydrazine groups is 1. The van der Waals surface area contributed by atoms with Crippen molar-refractivity contribution in [3.05, 3.63) is 52.2 Å². The topological polar surface area (TPSA) is 87.5 Å². The van der Waals surface area contributed by atoms with Crippen molar-refractivity contribution in [3.8, 4) is 9.88 Å². The van der Waals surface area contributed by atoms with Gasteiger partial charge in [-0.05, 0) is 36.7 Å². The molecule has 0 atom stereocenters. The van der Waals surface area contributed by atoms with E-state index in [1.807, 2.05) is 17.5 Å². The van der Waals surface area contributed by atoms with Gasteiger partial charge in [0.25, 0.3) is 5.91 Å². The number of aromatic nitrogens is 1. The number of amides is 2. The molecule has 0 aliphatic rings. The molecule has 0 spiro atoms. The van der Waals surface area contributed by atoms with Crippen LogP contribution in [0.3, 0.4) is 0 Å². The van der Waals surface area contributed by atoms with Gasteiger partial charge < -0.3 is 4.42 Å². The minimum Gasteiger partial charge on any atom is -0.454 e. The van der Waals surface area contributed by atoms with Gasteiger partial charge in [0.2, 0.25) is 0 Å². The maximum absolute atomic E-state index is 12.2. The third kappa shape index (κ3) is 4.82. The fourth-order valence-corrected chi connectivity index (χ4v) is 4.00. The quantitative estimate of drug-likeness (QED) is 0.590. The average Bonchev–Trinajstić information content (AvgIpc) is 3.44. The van der Waals surface area contributed by atoms with Crippen LogP contribution >= 0.6 is 22.7 Å². The highest BCUT2D eigenvalue weighted by Gasteiger charge is 2.16. The van der Waals surface area contributed by atoms with Gasteiger partial charge in [0.15, 0.2) is 5.76 Å². The van der Waals surface area contributed by atoms with Gasteiger partial charge >= 0.3 is 5.91 Å². The zero-order valence-corrected chi connectivity index (χ0v) is 16.7. The van der Waals surface area contributed by atoms with Crippen LogP contribution in [0.1, 0.15) is 39.8 Å². The van der Waals surface area contributed by atoms with E-state index < -0.39 is 11.8 Å². The van der Waals surface area contributed by atoms with Gasteiger partial charge in [-0.1, -0.05) is 19.9 Å². The Morgan fingerprint density at radius 1 is 1.15 bits per heavy atom. The molecule has 0 fully saturated rings. The summed E-state index contributed by atoms with van der Waals surface area (Å²) in [5.74, 6) is -0.0602. The van der Waals surface area contributed by atoms with E-state index >= 15 is 0 Å². The first kappa shape index (κ1) is 19.3. The number of thiazole rings is 1. The molecule has 3 heterocycles. The maximum Gasteiger partial charge on any atom is 0.305 e. The van der Waals surface area contributed by atoms with E-state index in [1.165, 1.54) is 17.5 Å². The van der Waals surface area contributed by atoms with Crippen molar-refractivity contribution in [1.82, 2.24) is 20.7 Å². The first-order valence-electron chi connectivity index (χ1n) is 8.52. The van der Waals surface area contributed by atoms with Gasteiger partial charge in [0.05, 0.1) is 17.6 Å². The van der Waals surface area contributed by atoms with Gasteiger partial charge in [0, 0.05) is 0 Å². The van der Waals surface area contributed by atoms with Crippen LogP contribution < -0.4 is 10.9 Å². The summed E-state index contributed by atoms with van der Waals surface area (Å²) in [5.41, 5.74) is 4.76. The van der Waals surface area contributed by atoms with Crippen molar-refractivity contribution in [2.45, 2.75) is 20.4 Å². The Hall–Kier alpha value is -2.49. The van der Waals surface area contributed by atoms with Gasteiger partial charge in [-0.2, -0.15) is 0 Å². The number of hydrogen-bond donors (Lipinski definition) is 2. The van der Waals surface area contributed by atoms with Crippen LogP contribution in [0.5, 0.6) is 0 Å². The largest absolute Gasteiger partial charge is 0.454 e. The zero-order valence-electron chi connectivity index (χ0n) is 15.0. The van der Waals surface area contributed by atoms with E-state index in [-0.39, 0.29) is 5.76 Å². The molecule has 0 aliphatic heterocycles. The molecule has 0 radical (unpaired) electrons. The van der Waals surface area contributed by atoms with Crippen molar-refractivity contribution < 1.29 is 14.0 Å². The van der Waals surface area contributed by atoms with Crippen LogP contribution in [0.2, 0.25) is 0 Å². The summed E-state index contributed by atoms with van der Waals surface area (Å²) >= 11 is 2.83. The summed E-state index contributed by atoms with van der Waals surface area (Å²) in [4.78, 5) is 32.2. The Morgan fingerprint density at radius 2 is 1.93 bits per heavy atom. The number of furan rings is 1. The second kappa shape index (κ2) is 8.94. The fraction of sp³-hybridized carbons (Fsp3) is 0.278. The monoisotopic (exact) mass is 404 g/mol. The lowest BCUT2D eigenvalue weighted by Crippen LogP contribution is -2.41. The fourth-order valence-electron chi connectivity index (χ4n) is 2.38. The third-order valence-electron chi connectivity index (χ3n) is 3.91. The molecule has 0 aromatic carbocycles. The summed E-state index contributed by atoms with van der Waals surface area (Å²) in [6.45, 7) is 6.57. The van der Waals surface area contributed by atoms with Crippen LogP contribution in [-0.4, -0.2) is 34.8 Å². The van der Waals surface area contributed by atoms with Crippen molar-refractivity contribution >= 4 is 34.5 Å². The molecule has 0 saturated heterocycles. The Morgan fingerprint density at radius 3 is 2.63 bits per heavy atom. The van der Waals surface area contributed by atoms with Gasteiger partial charge in [0.1, 0.15) is 15.6 Å². The minimum atomic E-state index is -0.503. The molecule has 7 nitrogen and oxygen atoms in total. The molecular weight excluding hydrogens is 384 g/mol. The van der Waals surface area contributed by atoms with Gasteiger partial charge in [-0.15, -0.1) is 22.7 Å². The highest BCUT2D eigenvalue weighted by Crippen LogP contribution is 2.28. The Labute approximate surface area is 165 Å². The molecule has 2 N–H and O–H groups in total. The summed E-state index contributed by atoms with van der Waals surface area (Å²) < 4.78 is 5.56.